The Labute approximate surface area is 157 Å². The van der Waals surface area contributed by atoms with Crippen molar-refractivity contribution in [3.63, 3.8) is 0 Å². The molecule has 1 aromatic carbocycles. The van der Waals surface area contributed by atoms with Gasteiger partial charge in [0.2, 0.25) is 0 Å². The van der Waals surface area contributed by atoms with Gasteiger partial charge < -0.3 is 20.5 Å². The Morgan fingerprint density at radius 2 is 1.88 bits per heavy atom. The van der Waals surface area contributed by atoms with E-state index in [1.807, 2.05) is 18.2 Å². The zero-order valence-corrected chi connectivity index (χ0v) is 16.6. The number of benzene rings is 1. The fraction of sp³-hybridized carbons (Fsp3) is 0.650. The molecule has 3 N–H and O–H groups in total. The molecule has 2 rings (SSSR count). The molecule has 146 valence electrons. The van der Waals surface area contributed by atoms with Crippen LogP contribution in [0.1, 0.15) is 40.5 Å². The predicted molar refractivity (Wildman–Crippen MR) is 108 cm³/mol. The summed E-state index contributed by atoms with van der Waals surface area (Å²) >= 11 is 0. The van der Waals surface area contributed by atoms with E-state index in [2.05, 4.69) is 42.9 Å². The number of anilines is 1. The molecule has 1 aliphatic heterocycles. The van der Waals surface area contributed by atoms with E-state index in [-0.39, 0.29) is 0 Å². The summed E-state index contributed by atoms with van der Waals surface area (Å²) < 4.78 is 11.4. The summed E-state index contributed by atoms with van der Waals surface area (Å²) in [5.41, 5.74) is 6.98. The van der Waals surface area contributed by atoms with Crippen LogP contribution in [0.25, 0.3) is 0 Å². The molecular formula is C20H34N4O2. The molecule has 0 bridgehead atoms. The summed E-state index contributed by atoms with van der Waals surface area (Å²) in [6, 6.07) is 6.17. The van der Waals surface area contributed by atoms with Crippen LogP contribution in [0.15, 0.2) is 23.2 Å². The number of fused-ring (bicyclic) bond motifs is 1. The van der Waals surface area contributed by atoms with Crippen molar-refractivity contribution < 1.29 is 9.47 Å². The second kappa shape index (κ2) is 10.3. The third kappa shape index (κ3) is 6.09. The van der Waals surface area contributed by atoms with Gasteiger partial charge in [-0.25, -0.2) is 0 Å². The second-order valence-corrected chi connectivity index (χ2v) is 7.07. The topological polar surface area (TPSA) is 72.1 Å². The monoisotopic (exact) mass is 362 g/mol. The number of guanidine groups is 1. The van der Waals surface area contributed by atoms with Gasteiger partial charge in [-0.15, -0.1) is 0 Å². The number of ether oxygens (including phenoxy) is 2. The standard InChI is InChI=1S/C20H34N4O2/c1-5-24(6-2)17(12-15(3)4)14-22-20(21)23-16-8-9-18-19(13-16)26-11-7-10-25-18/h8-9,13,15,17H,5-7,10-12,14H2,1-4H3,(H3,21,22,23). The van der Waals surface area contributed by atoms with Gasteiger partial charge in [-0.1, -0.05) is 27.7 Å². The van der Waals surface area contributed by atoms with Crippen LogP contribution in [0.3, 0.4) is 0 Å². The van der Waals surface area contributed by atoms with Gasteiger partial charge in [0.1, 0.15) is 0 Å². The Morgan fingerprint density at radius 1 is 1.19 bits per heavy atom. The molecule has 0 saturated heterocycles. The summed E-state index contributed by atoms with van der Waals surface area (Å²) in [5.74, 6) is 2.59. The molecular weight excluding hydrogens is 328 g/mol. The van der Waals surface area contributed by atoms with Crippen LogP contribution in [-0.4, -0.2) is 49.7 Å². The number of hydrogen-bond donors (Lipinski definition) is 2. The number of aliphatic imine (C=N–C) groups is 1. The molecule has 6 nitrogen and oxygen atoms in total. The molecule has 0 aromatic heterocycles. The lowest BCUT2D eigenvalue weighted by Gasteiger charge is -2.29. The zero-order chi connectivity index (χ0) is 18.9. The van der Waals surface area contributed by atoms with Crippen molar-refractivity contribution in [1.29, 1.82) is 0 Å². The average molecular weight is 363 g/mol. The lowest BCUT2D eigenvalue weighted by Crippen LogP contribution is -2.39. The lowest BCUT2D eigenvalue weighted by atomic mass is 10.0. The fourth-order valence-electron chi connectivity index (χ4n) is 3.26. The van der Waals surface area contributed by atoms with Gasteiger partial charge in [0, 0.05) is 24.2 Å². The van der Waals surface area contributed by atoms with E-state index < -0.39 is 0 Å². The van der Waals surface area contributed by atoms with Crippen LogP contribution in [0.4, 0.5) is 5.69 Å². The van der Waals surface area contributed by atoms with Gasteiger partial charge in [0.05, 0.1) is 19.8 Å². The molecule has 0 spiro atoms. The number of hydrogen-bond acceptors (Lipinski definition) is 4. The highest BCUT2D eigenvalue weighted by atomic mass is 16.5. The van der Waals surface area contributed by atoms with E-state index in [0.717, 1.165) is 43.1 Å². The minimum atomic E-state index is 0.411. The first kappa shape index (κ1) is 20.4. The van der Waals surface area contributed by atoms with E-state index in [1.165, 1.54) is 0 Å². The first-order chi connectivity index (χ1) is 12.5. The maximum Gasteiger partial charge on any atom is 0.193 e. The summed E-state index contributed by atoms with van der Waals surface area (Å²) in [5, 5.41) is 3.17. The maximum absolute atomic E-state index is 6.12. The molecule has 6 heteroatoms. The van der Waals surface area contributed by atoms with E-state index in [9.17, 15) is 0 Å². The average Bonchev–Trinajstić information content (AvgIpc) is 2.85. The molecule has 0 aliphatic carbocycles. The van der Waals surface area contributed by atoms with E-state index >= 15 is 0 Å². The third-order valence-corrected chi connectivity index (χ3v) is 4.56. The fourth-order valence-corrected chi connectivity index (χ4v) is 3.26. The summed E-state index contributed by atoms with van der Waals surface area (Å²) in [7, 11) is 0. The normalized spacial score (nSPS) is 15.8. The molecule has 0 fully saturated rings. The molecule has 26 heavy (non-hydrogen) atoms. The predicted octanol–water partition coefficient (Wildman–Crippen LogP) is 3.33. The van der Waals surface area contributed by atoms with Gasteiger partial charge >= 0.3 is 0 Å². The number of rotatable bonds is 8. The lowest BCUT2D eigenvalue weighted by molar-refractivity contribution is 0.196. The Kier molecular flexibility index (Phi) is 8.04. The van der Waals surface area contributed by atoms with Crippen molar-refractivity contribution in [3.8, 4) is 11.5 Å². The summed E-state index contributed by atoms with van der Waals surface area (Å²) in [6.07, 6.45) is 2.01. The van der Waals surface area contributed by atoms with Crippen molar-refractivity contribution in [2.75, 3.05) is 38.2 Å². The molecule has 1 heterocycles. The van der Waals surface area contributed by atoms with Crippen LogP contribution in [0.2, 0.25) is 0 Å². The minimum absolute atomic E-state index is 0.411. The molecule has 0 amide bonds. The highest BCUT2D eigenvalue weighted by Crippen LogP contribution is 2.32. The third-order valence-electron chi connectivity index (χ3n) is 4.56. The van der Waals surface area contributed by atoms with E-state index in [4.69, 9.17) is 15.2 Å². The minimum Gasteiger partial charge on any atom is -0.490 e. The molecule has 1 unspecified atom stereocenters. The smallest absolute Gasteiger partial charge is 0.193 e. The Bertz CT molecular complexity index is 585. The number of nitrogens with one attached hydrogen (secondary N) is 1. The Balaban J connectivity index is 2.00. The largest absolute Gasteiger partial charge is 0.490 e. The molecule has 0 radical (unpaired) electrons. The summed E-state index contributed by atoms with van der Waals surface area (Å²) in [6.45, 7) is 13.0. The van der Waals surface area contributed by atoms with Crippen molar-refractivity contribution in [3.05, 3.63) is 18.2 Å². The number of likely N-dealkylation sites (N-methyl/N-ethyl adjacent to an activating group) is 1. The van der Waals surface area contributed by atoms with Crippen molar-refractivity contribution in [1.82, 2.24) is 4.90 Å². The van der Waals surface area contributed by atoms with Gasteiger partial charge in [-0.05, 0) is 37.6 Å². The Hall–Kier alpha value is -1.95. The summed E-state index contributed by atoms with van der Waals surface area (Å²) in [4.78, 5) is 7.04. The van der Waals surface area contributed by atoms with E-state index in [0.29, 0.717) is 37.7 Å². The van der Waals surface area contributed by atoms with Gasteiger partial charge in [-0.3, -0.25) is 9.89 Å². The molecule has 1 aromatic rings. The van der Waals surface area contributed by atoms with Crippen molar-refractivity contribution >= 4 is 11.6 Å². The van der Waals surface area contributed by atoms with Crippen LogP contribution < -0.4 is 20.5 Å². The van der Waals surface area contributed by atoms with Crippen LogP contribution in [-0.2, 0) is 0 Å². The number of nitrogens with two attached hydrogens (primary N) is 1. The molecule has 0 saturated carbocycles. The highest BCUT2D eigenvalue weighted by Gasteiger charge is 2.17. The second-order valence-electron chi connectivity index (χ2n) is 7.07. The molecule has 1 aliphatic rings. The number of nitrogens with zero attached hydrogens (tertiary/aromatic N) is 2. The Morgan fingerprint density at radius 3 is 2.54 bits per heavy atom. The van der Waals surface area contributed by atoms with Crippen LogP contribution >= 0.6 is 0 Å². The highest BCUT2D eigenvalue weighted by molar-refractivity contribution is 5.92. The van der Waals surface area contributed by atoms with Crippen molar-refractivity contribution in [2.24, 2.45) is 16.6 Å². The van der Waals surface area contributed by atoms with E-state index in [1.54, 1.807) is 0 Å². The first-order valence-electron chi connectivity index (χ1n) is 9.74. The quantitative estimate of drug-likeness (QED) is 0.548. The van der Waals surface area contributed by atoms with Crippen molar-refractivity contribution in [2.45, 2.75) is 46.6 Å². The van der Waals surface area contributed by atoms with Gasteiger partial charge in [0.25, 0.3) is 0 Å². The SMILES string of the molecule is CCN(CC)C(CN=C(N)Nc1ccc2c(c1)OCCCO2)CC(C)C. The zero-order valence-electron chi connectivity index (χ0n) is 16.6. The van der Waals surface area contributed by atoms with Crippen LogP contribution in [0.5, 0.6) is 11.5 Å². The van der Waals surface area contributed by atoms with Gasteiger partial charge in [-0.2, -0.15) is 0 Å². The first-order valence-corrected chi connectivity index (χ1v) is 9.74. The maximum atomic E-state index is 6.12. The molecule has 1 atom stereocenters. The van der Waals surface area contributed by atoms with Gasteiger partial charge in [0.15, 0.2) is 17.5 Å². The van der Waals surface area contributed by atoms with Crippen LogP contribution in [0, 0.1) is 5.92 Å².